The first kappa shape index (κ1) is 13.2. The molecule has 0 aromatic heterocycles. The van der Waals surface area contributed by atoms with Crippen molar-refractivity contribution in [2.75, 3.05) is 78.5 Å². The largest absolute Gasteiger partial charge is 0.314 e. The van der Waals surface area contributed by atoms with Crippen molar-refractivity contribution in [3.05, 3.63) is 0 Å². The third-order valence-corrected chi connectivity index (χ3v) is 3.63. The Morgan fingerprint density at radius 2 is 0.647 bits per heavy atom. The van der Waals surface area contributed by atoms with Gasteiger partial charge in [0.1, 0.15) is 0 Å². The van der Waals surface area contributed by atoms with Crippen molar-refractivity contribution in [1.29, 1.82) is 0 Å². The Hall–Kier alpha value is -0.200. The highest BCUT2D eigenvalue weighted by molar-refractivity contribution is 4.70. The van der Waals surface area contributed by atoms with E-state index in [9.17, 15) is 0 Å². The molecule has 3 aliphatic rings. The molecule has 3 N–H and O–H groups in total. The smallest absolute Gasteiger partial charge is 0.0108 e. The molecule has 3 saturated heterocycles. The Morgan fingerprint density at radius 1 is 0.412 bits per heavy atom. The van der Waals surface area contributed by atoms with Gasteiger partial charge in [0.25, 0.3) is 0 Å². The van der Waals surface area contributed by atoms with Gasteiger partial charge in [0.2, 0.25) is 0 Å². The fourth-order valence-electron chi connectivity index (χ4n) is 2.47. The second kappa shape index (κ2) is 8.00. The first-order valence-electron chi connectivity index (χ1n) is 7.02. The maximum Gasteiger partial charge on any atom is 0.0108 e. The Morgan fingerprint density at radius 3 is 0.882 bits per heavy atom. The van der Waals surface area contributed by atoms with Crippen LogP contribution < -0.4 is 16.0 Å². The standard InChI is InChI=1S/C12H27N5/c1-7-16-9-3-14-5-11-17(8-2-13-1)12-6-15-4-10-16/h13-15H,1-12H2. The second-order valence-electron chi connectivity index (χ2n) is 4.93. The molecule has 17 heavy (non-hydrogen) atoms. The van der Waals surface area contributed by atoms with Crippen molar-refractivity contribution in [3.8, 4) is 0 Å². The first-order valence-corrected chi connectivity index (χ1v) is 7.02. The minimum Gasteiger partial charge on any atom is -0.314 e. The van der Waals surface area contributed by atoms with Crippen molar-refractivity contribution < 1.29 is 0 Å². The zero-order chi connectivity index (χ0) is 11.8. The second-order valence-corrected chi connectivity index (χ2v) is 4.93. The van der Waals surface area contributed by atoms with Crippen LogP contribution >= 0.6 is 0 Å². The van der Waals surface area contributed by atoms with E-state index in [-0.39, 0.29) is 0 Å². The Bertz CT molecular complexity index is 148. The van der Waals surface area contributed by atoms with E-state index in [4.69, 9.17) is 0 Å². The summed E-state index contributed by atoms with van der Waals surface area (Å²) in [7, 11) is 0. The lowest BCUT2D eigenvalue weighted by Gasteiger charge is -2.28. The first-order chi connectivity index (χ1) is 8.45. The normalized spacial score (nSPS) is 33.9. The van der Waals surface area contributed by atoms with Gasteiger partial charge in [-0.05, 0) is 0 Å². The molecular formula is C12H27N5. The van der Waals surface area contributed by atoms with Gasteiger partial charge in [-0.3, -0.25) is 9.80 Å². The van der Waals surface area contributed by atoms with Gasteiger partial charge in [0.15, 0.2) is 0 Å². The predicted molar refractivity (Wildman–Crippen MR) is 71.5 cm³/mol. The van der Waals surface area contributed by atoms with Crippen LogP contribution in [-0.4, -0.2) is 88.3 Å². The molecule has 0 unspecified atom stereocenters. The monoisotopic (exact) mass is 241 g/mol. The summed E-state index contributed by atoms with van der Waals surface area (Å²) < 4.78 is 0. The molecule has 0 aromatic carbocycles. The summed E-state index contributed by atoms with van der Waals surface area (Å²) in [6, 6.07) is 0. The van der Waals surface area contributed by atoms with E-state index in [1.165, 1.54) is 39.3 Å². The molecular weight excluding hydrogens is 214 g/mol. The lowest BCUT2D eigenvalue weighted by molar-refractivity contribution is 0.227. The van der Waals surface area contributed by atoms with Crippen LogP contribution in [0.2, 0.25) is 0 Å². The zero-order valence-electron chi connectivity index (χ0n) is 10.9. The lowest BCUT2D eigenvalue weighted by Crippen LogP contribution is -2.47. The predicted octanol–water partition coefficient (Wildman–Crippen LogP) is -1.61. The number of nitrogens with one attached hydrogen (secondary N) is 3. The van der Waals surface area contributed by atoms with Gasteiger partial charge in [0.05, 0.1) is 0 Å². The number of nitrogens with zero attached hydrogens (tertiary/aromatic N) is 2. The molecule has 2 bridgehead atoms. The van der Waals surface area contributed by atoms with Crippen LogP contribution in [-0.2, 0) is 0 Å². The SMILES string of the molecule is C1CN2CCNCCN(CCN1)CCNCC2. The lowest BCUT2D eigenvalue weighted by atomic mass is 10.3. The Labute approximate surface area is 105 Å². The van der Waals surface area contributed by atoms with Crippen LogP contribution in [0.25, 0.3) is 0 Å². The third-order valence-electron chi connectivity index (χ3n) is 3.63. The number of rotatable bonds is 0. The summed E-state index contributed by atoms with van der Waals surface area (Å²) in [6.07, 6.45) is 0. The summed E-state index contributed by atoms with van der Waals surface area (Å²) in [4.78, 5) is 5.10. The van der Waals surface area contributed by atoms with Crippen molar-refractivity contribution in [3.63, 3.8) is 0 Å². The van der Waals surface area contributed by atoms with E-state index in [1.54, 1.807) is 0 Å². The van der Waals surface area contributed by atoms with E-state index in [0.29, 0.717) is 0 Å². The minimum absolute atomic E-state index is 1.12. The summed E-state index contributed by atoms with van der Waals surface area (Å²) in [5.41, 5.74) is 0. The maximum atomic E-state index is 3.56. The van der Waals surface area contributed by atoms with Crippen LogP contribution in [0.15, 0.2) is 0 Å². The maximum absolute atomic E-state index is 3.56. The van der Waals surface area contributed by atoms with Gasteiger partial charge in [0, 0.05) is 78.5 Å². The van der Waals surface area contributed by atoms with Crippen LogP contribution in [0, 0.1) is 0 Å². The van der Waals surface area contributed by atoms with Crippen LogP contribution in [0.3, 0.4) is 0 Å². The number of fused-ring (bicyclic) bond motifs is 12. The summed E-state index contributed by atoms with van der Waals surface area (Å²) in [5.74, 6) is 0. The van der Waals surface area contributed by atoms with E-state index >= 15 is 0 Å². The van der Waals surface area contributed by atoms with Gasteiger partial charge < -0.3 is 16.0 Å². The van der Waals surface area contributed by atoms with Crippen molar-refractivity contribution in [1.82, 2.24) is 25.8 Å². The van der Waals surface area contributed by atoms with Gasteiger partial charge >= 0.3 is 0 Å². The van der Waals surface area contributed by atoms with Gasteiger partial charge in [-0.25, -0.2) is 0 Å². The molecule has 0 saturated carbocycles. The highest BCUT2D eigenvalue weighted by Crippen LogP contribution is 1.91. The number of hydrogen-bond donors (Lipinski definition) is 3. The third kappa shape index (κ3) is 5.31. The van der Waals surface area contributed by atoms with Crippen molar-refractivity contribution in [2.24, 2.45) is 0 Å². The molecule has 5 nitrogen and oxygen atoms in total. The fourth-order valence-corrected chi connectivity index (χ4v) is 2.47. The van der Waals surface area contributed by atoms with E-state index < -0.39 is 0 Å². The topological polar surface area (TPSA) is 42.6 Å². The molecule has 0 amide bonds. The van der Waals surface area contributed by atoms with Crippen LogP contribution in [0.5, 0.6) is 0 Å². The molecule has 0 aliphatic carbocycles. The van der Waals surface area contributed by atoms with Gasteiger partial charge in [-0.2, -0.15) is 0 Å². The molecule has 0 atom stereocenters. The number of hydrogen-bond acceptors (Lipinski definition) is 5. The van der Waals surface area contributed by atoms with Crippen LogP contribution in [0.4, 0.5) is 0 Å². The molecule has 0 radical (unpaired) electrons. The molecule has 100 valence electrons. The van der Waals surface area contributed by atoms with Crippen molar-refractivity contribution >= 4 is 0 Å². The molecule has 3 fully saturated rings. The van der Waals surface area contributed by atoms with Crippen LogP contribution in [0.1, 0.15) is 0 Å². The zero-order valence-corrected chi connectivity index (χ0v) is 10.9. The highest BCUT2D eigenvalue weighted by atomic mass is 15.2. The molecule has 0 spiro atoms. The molecule has 3 heterocycles. The summed E-state index contributed by atoms with van der Waals surface area (Å²) >= 11 is 0. The highest BCUT2D eigenvalue weighted by Gasteiger charge is 2.09. The molecule has 3 aliphatic heterocycles. The fraction of sp³-hybridized carbons (Fsp3) is 1.00. The quantitative estimate of drug-likeness (QED) is 0.476. The van der Waals surface area contributed by atoms with E-state index in [2.05, 4.69) is 25.8 Å². The van der Waals surface area contributed by atoms with E-state index in [0.717, 1.165) is 39.3 Å². The average Bonchev–Trinajstić information content (AvgIpc) is 2.29. The van der Waals surface area contributed by atoms with Crippen molar-refractivity contribution in [2.45, 2.75) is 0 Å². The Kier molecular flexibility index (Phi) is 6.23. The molecule has 0 aromatic rings. The van der Waals surface area contributed by atoms with Gasteiger partial charge in [-0.15, -0.1) is 0 Å². The Balaban J connectivity index is 1.90. The molecule has 5 heteroatoms. The van der Waals surface area contributed by atoms with Gasteiger partial charge in [-0.1, -0.05) is 0 Å². The minimum atomic E-state index is 1.12. The summed E-state index contributed by atoms with van der Waals surface area (Å²) in [6.45, 7) is 13.7. The summed E-state index contributed by atoms with van der Waals surface area (Å²) in [5, 5.41) is 10.7. The molecule has 3 rings (SSSR count). The van der Waals surface area contributed by atoms with E-state index in [1.807, 2.05) is 0 Å². The average molecular weight is 241 g/mol.